The number of hydrogen-bond acceptors (Lipinski definition) is 3. The van der Waals surface area contributed by atoms with E-state index in [0.717, 1.165) is 28.2 Å². The van der Waals surface area contributed by atoms with Crippen LogP contribution in [0, 0.1) is 6.92 Å². The van der Waals surface area contributed by atoms with Crippen molar-refractivity contribution in [3.05, 3.63) is 60.4 Å². The van der Waals surface area contributed by atoms with Crippen LogP contribution in [-0.2, 0) is 0 Å². The van der Waals surface area contributed by atoms with Crippen LogP contribution in [0.15, 0.2) is 59.4 Å². The molecule has 0 radical (unpaired) electrons. The number of aromatic nitrogens is 4. The second-order valence-electron chi connectivity index (χ2n) is 5.18. The highest BCUT2D eigenvalue weighted by Crippen LogP contribution is 2.31. The Morgan fingerprint density at radius 2 is 1.95 bits per heavy atom. The van der Waals surface area contributed by atoms with E-state index in [4.69, 9.17) is 4.52 Å². The SMILES string of the molecule is Cc1ccc(-c2cn[nH]c2-c2cc(-c3ccc[nH]3)on2)cc1. The van der Waals surface area contributed by atoms with Crippen molar-refractivity contribution in [3.63, 3.8) is 0 Å². The highest BCUT2D eigenvalue weighted by atomic mass is 16.5. The second-order valence-corrected chi connectivity index (χ2v) is 5.18. The fraction of sp³-hybridized carbons (Fsp3) is 0.0588. The van der Waals surface area contributed by atoms with Gasteiger partial charge in [-0.25, -0.2) is 0 Å². The molecule has 0 unspecified atom stereocenters. The fourth-order valence-electron chi connectivity index (χ4n) is 2.44. The molecule has 0 aliphatic carbocycles. The minimum atomic E-state index is 0.699. The zero-order valence-electron chi connectivity index (χ0n) is 12.0. The maximum atomic E-state index is 5.41. The number of benzene rings is 1. The molecule has 0 aliphatic heterocycles. The Morgan fingerprint density at radius 3 is 2.73 bits per heavy atom. The second kappa shape index (κ2) is 5.04. The predicted molar refractivity (Wildman–Crippen MR) is 84.0 cm³/mol. The van der Waals surface area contributed by atoms with E-state index in [1.165, 1.54) is 5.56 Å². The number of hydrogen-bond donors (Lipinski definition) is 2. The van der Waals surface area contributed by atoms with Gasteiger partial charge in [-0.3, -0.25) is 5.10 Å². The molecule has 3 aromatic heterocycles. The third-order valence-corrected chi connectivity index (χ3v) is 3.63. The van der Waals surface area contributed by atoms with Crippen molar-refractivity contribution in [2.24, 2.45) is 0 Å². The maximum Gasteiger partial charge on any atom is 0.183 e. The Kier molecular flexibility index (Phi) is 2.89. The van der Waals surface area contributed by atoms with Crippen LogP contribution in [0.3, 0.4) is 0 Å². The maximum absolute atomic E-state index is 5.41. The van der Waals surface area contributed by atoms with Gasteiger partial charge in [0.05, 0.1) is 17.6 Å². The Hall–Kier alpha value is -3.08. The number of aryl methyl sites for hydroxylation is 1. The third-order valence-electron chi connectivity index (χ3n) is 3.63. The van der Waals surface area contributed by atoms with E-state index in [0.29, 0.717) is 5.76 Å². The Bertz CT molecular complexity index is 885. The van der Waals surface area contributed by atoms with Crippen molar-refractivity contribution in [2.75, 3.05) is 0 Å². The van der Waals surface area contributed by atoms with Gasteiger partial charge in [0.1, 0.15) is 5.69 Å². The molecule has 0 aliphatic rings. The highest BCUT2D eigenvalue weighted by molar-refractivity contribution is 5.79. The molecule has 0 saturated heterocycles. The van der Waals surface area contributed by atoms with Gasteiger partial charge in [-0.05, 0) is 24.6 Å². The Morgan fingerprint density at radius 1 is 1.09 bits per heavy atom. The molecule has 5 nitrogen and oxygen atoms in total. The van der Waals surface area contributed by atoms with Crippen molar-refractivity contribution >= 4 is 0 Å². The quantitative estimate of drug-likeness (QED) is 0.598. The van der Waals surface area contributed by atoms with Crippen LogP contribution in [0.1, 0.15) is 5.56 Å². The lowest BCUT2D eigenvalue weighted by Gasteiger charge is -2.01. The summed E-state index contributed by atoms with van der Waals surface area (Å²) in [6.07, 6.45) is 3.66. The summed E-state index contributed by atoms with van der Waals surface area (Å²) in [4.78, 5) is 3.11. The van der Waals surface area contributed by atoms with Crippen molar-refractivity contribution in [2.45, 2.75) is 6.92 Å². The average Bonchev–Trinajstić information content (AvgIpc) is 3.27. The van der Waals surface area contributed by atoms with Gasteiger partial charge in [0, 0.05) is 17.8 Å². The van der Waals surface area contributed by atoms with E-state index in [1.54, 1.807) is 0 Å². The number of rotatable bonds is 3. The molecule has 0 fully saturated rings. The van der Waals surface area contributed by atoms with Crippen molar-refractivity contribution in [1.82, 2.24) is 20.3 Å². The van der Waals surface area contributed by atoms with Crippen LogP contribution in [0.2, 0.25) is 0 Å². The molecule has 0 bridgehead atoms. The first-order valence-corrected chi connectivity index (χ1v) is 7.02. The van der Waals surface area contributed by atoms with Crippen molar-refractivity contribution < 1.29 is 4.52 Å². The summed E-state index contributed by atoms with van der Waals surface area (Å²) in [7, 11) is 0. The zero-order valence-corrected chi connectivity index (χ0v) is 12.0. The fourth-order valence-corrected chi connectivity index (χ4v) is 2.44. The molecule has 0 saturated carbocycles. The van der Waals surface area contributed by atoms with Gasteiger partial charge in [0.25, 0.3) is 0 Å². The summed E-state index contributed by atoms with van der Waals surface area (Å²) < 4.78 is 5.41. The van der Waals surface area contributed by atoms with Crippen LogP contribution in [0.25, 0.3) is 34.0 Å². The van der Waals surface area contributed by atoms with Gasteiger partial charge in [0.15, 0.2) is 5.76 Å². The van der Waals surface area contributed by atoms with Gasteiger partial charge in [0.2, 0.25) is 0 Å². The standard InChI is InChI=1S/C17H14N4O/c1-11-4-6-12(7-5-11)13-10-19-20-17(13)15-9-16(22-21-15)14-3-2-8-18-14/h2-10,18H,1H3,(H,19,20). The van der Waals surface area contributed by atoms with E-state index in [2.05, 4.69) is 51.5 Å². The molecule has 4 rings (SSSR count). The van der Waals surface area contributed by atoms with Gasteiger partial charge in [-0.2, -0.15) is 5.10 Å². The van der Waals surface area contributed by atoms with Gasteiger partial charge in [-0.1, -0.05) is 35.0 Å². The molecular weight excluding hydrogens is 276 g/mol. The Labute approximate surface area is 127 Å². The molecule has 3 heterocycles. The third kappa shape index (κ3) is 2.13. The zero-order chi connectivity index (χ0) is 14.9. The number of nitrogens with zero attached hydrogens (tertiary/aromatic N) is 2. The number of H-pyrrole nitrogens is 2. The van der Waals surface area contributed by atoms with E-state index in [9.17, 15) is 0 Å². The molecule has 22 heavy (non-hydrogen) atoms. The molecule has 1 aromatic carbocycles. The highest BCUT2D eigenvalue weighted by Gasteiger charge is 2.15. The summed E-state index contributed by atoms with van der Waals surface area (Å²) in [6, 6.07) is 14.1. The van der Waals surface area contributed by atoms with E-state index < -0.39 is 0 Å². The van der Waals surface area contributed by atoms with Crippen LogP contribution < -0.4 is 0 Å². The summed E-state index contributed by atoms with van der Waals surface area (Å²) in [5.74, 6) is 0.699. The van der Waals surface area contributed by atoms with Crippen molar-refractivity contribution in [1.29, 1.82) is 0 Å². The molecular formula is C17H14N4O. The lowest BCUT2D eigenvalue weighted by Crippen LogP contribution is -1.83. The van der Waals surface area contributed by atoms with Crippen LogP contribution in [0.5, 0.6) is 0 Å². The summed E-state index contributed by atoms with van der Waals surface area (Å²) in [6.45, 7) is 2.07. The van der Waals surface area contributed by atoms with Crippen LogP contribution >= 0.6 is 0 Å². The van der Waals surface area contributed by atoms with Crippen LogP contribution in [-0.4, -0.2) is 20.3 Å². The normalized spacial score (nSPS) is 11.0. The molecule has 0 atom stereocenters. The molecule has 5 heteroatoms. The molecule has 4 aromatic rings. The summed E-state index contributed by atoms with van der Waals surface area (Å²) in [5, 5.41) is 11.3. The largest absolute Gasteiger partial charge is 0.359 e. The smallest absolute Gasteiger partial charge is 0.183 e. The lowest BCUT2D eigenvalue weighted by molar-refractivity contribution is 0.433. The Balaban J connectivity index is 1.75. The van der Waals surface area contributed by atoms with E-state index in [-0.39, 0.29) is 0 Å². The van der Waals surface area contributed by atoms with Gasteiger partial charge in [-0.15, -0.1) is 0 Å². The number of aromatic amines is 2. The summed E-state index contributed by atoms with van der Waals surface area (Å²) in [5.41, 5.74) is 5.81. The first kappa shape index (κ1) is 12.6. The van der Waals surface area contributed by atoms with Gasteiger partial charge < -0.3 is 9.51 Å². The van der Waals surface area contributed by atoms with Crippen molar-refractivity contribution in [3.8, 4) is 34.0 Å². The lowest BCUT2D eigenvalue weighted by atomic mass is 10.0. The molecule has 0 amide bonds. The van der Waals surface area contributed by atoms with E-state index in [1.807, 2.05) is 30.6 Å². The molecule has 0 spiro atoms. The minimum Gasteiger partial charge on any atom is -0.359 e. The van der Waals surface area contributed by atoms with Gasteiger partial charge >= 0.3 is 0 Å². The molecule has 108 valence electrons. The van der Waals surface area contributed by atoms with Crippen LogP contribution in [0.4, 0.5) is 0 Å². The predicted octanol–water partition coefficient (Wildman–Crippen LogP) is 4.04. The molecule has 2 N–H and O–H groups in total. The first-order chi connectivity index (χ1) is 10.8. The topological polar surface area (TPSA) is 70.5 Å². The minimum absolute atomic E-state index is 0.699. The number of nitrogens with one attached hydrogen (secondary N) is 2. The summed E-state index contributed by atoms with van der Waals surface area (Å²) >= 11 is 0. The average molecular weight is 290 g/mol. The monoisotopic (exact) mass is 290 g/mol. The first-order valence-electron chi connectivity index (χ1n) is 7.02. The van der Waals surface area contributed by atoms with E-state index >= 15 is 0 Å².